The van der Waals surface area contributed by atoms with E-state index in [1.54, 1.807) is 13.0 Å². The molecule has 1 aromatic carbocycles. The Balaban J connectivity index is 3.11. The number of nitro groups is 1. The van der Waals surface area contributed by atoms with Gasteiger partial charge in [0.05, 0.1) is 10.8 Å². The van der Waals surface area contributed by atoms with E-state index in [1.165, 1.54) is 12.1 Å². The topological polar surface area (TPSA) is 80.4 Å². The van der Waals surface area contributed by atoms with Crippen molar-refractivity contribution in [1.29, 1.82) is 0 Å². The predicted octanol–water partition coefficient (Wildman–Crippen LogP) is 3.12. The zero-order valence-electron chi connectivity index (χ0n) is 10.7. The summed E-state index contributed by atoms with van der Waals surface area (Å²) in [4.78, 5) is 21.5. The van der Waals surface area contributed by atoms with Crippen LogP contribution in [0.1, 0.15) is 37.3 Å². The molecule has 0 aromatic heterocycles. The Bertz CT molecular complexity index is 468. The van der Waals surface area contributed by atoms with Crippen LogP contribution in [0.5, 0.6) is 0 Å². The van der Waals surface area contributed by atoms with E-state index in [-0.39, 0.29) is 11.6 Å². The van der Waals surface area contributed by atoms with Crippen LogP contribution < -0.4 is 0 Å². The van der Waals surface area contributed by atoms with E-state index in [2.05, 4.69) is 0 Å². The smallest absolute Gasteiger partial charge is 0.310 e. The number of carbonyl (C=O) groups is 1. The standard InChI is InChI=1S/C13H17NO4/c1-8(2)6-11(13(15)16)10-4-5-12(14(17)18)9(3)7-10/h4-5,7-8,11H,6H2,1-3H3,(H,15,16). The van der Waals surface area contributed by atoms with Crippen molar-refractivity contribution in [1.82, 2.24) is 0 Å². The van der Waals surface area contributed by atoms with Gasteiger partial charge in [-0.2, -0.15) is 0 Å². The summed E-state index contributed by atoms with van der Waals surface area (Å²) in [7, 11) is 0. The second-order valence-electron chi connectivity index (χ2n) is 4.82. The molecule has 1 N–H and O–H groups in total. The summed E-state index contributed by atoms with van der Waals surface area (Å²) in [5.41, 5.74) is 1.14. The number of aliphatic carboxylic acids is 1. The van der Waals surface area contributed by atoms with Crippen LogP contribution in [0.3, 0.4) is 0 Å². The Morgan fingerprint density at radius 1 is 1.44 bits per heavy atom. The molecule has 0 radical (unpaired) electrons. The first-order valence-corrected chi connectivity index (χ1v) is 5.80. The van der Waals surface area contributed by atoms with Crippen LogP contribution in [-0.2, 0) is 4.79 Å². The van der Waals surface area contributed by atoms with Crippen LogP contribution >= 0.6 is 0 Å². The maximum absolute atomic E-state index is 11.2. The molecular weight excluding hydrogens is 234 g/mol. The molecule has 1 unspecified atom stereocenters. The van der Waals surface area contributed by atoms with E-state index in [0.717, 1.165) is 0 Å². The number of carboxylic acids is 1. The van der Waals surface area contributed by atoms with E-state index in [4.69, 9.17) is 0 Å². The van der Waals surface area contributed by atoms with E-state index in [1.807, 2.05) is 13.8 Å². The quantitative estimate of drug-likeness (QED) is 0.644. The summed E-state index contributed by atoms with van der Waals surface area (Å²) in [6.07, 6.45) is 0.520. The van der Waals surface area contributed by atoms with Gasteiger partial charge in [0.1, 0.15) is 0 Å². The first kappa shape index (κ1) is 14.2. The maximum Gasteiger partial charge on any atom is 0.310 e. The minimum atomic E-state index is -0.892. The summed E-state index contributed by atoms with van der Waals surface area (Å²) < 4.78 is 0. The molecule has 0 heterocycles. The lowest BCUT2D eigenvalue weighted by Gasteiger charge is -2.15. The highest BCUT2D eigenvalue weighted by Gasteiger charge is 2.22. The van der Waals surface area contributed by atoms with Gasteiger partial charge in [-0.1, -0.05) is 19.9 Å². The zero-order chi connectivity index (χ0) is 13.9. The van der Waals surface area contributed by atoms with Crippen LogP contribution in [-0.4, -0.2) is 16.0 Å². The molecule has 0 fully saturated rings. The lowest BCUT2D eigenvalue weighted by Crippen LogP contribution is -2.14. The molecule has 0 spiro atoms. The van der Waals surface area contributed by atoms with E-state index >= 15 is 0 Å². The SMILES string of the molecule is Cc1cc(C(CC(C)C)C(=O)O)ccc1[N+](=O)[O-]. The first-order chi connectivity index (χ1) is 8.32. The number of rotatable bonds is 5. The predicted molar refractivity (Wildman–Crippen MR) is 67.7 cm³/mol. The molecular formula is C13H17NO4. The van der Waals surface area contributed by atoms with Gasteiger partial charge in [0.25, 0.3) is 5.69 Å². The molecule has 0 aliphatic carbocycles. The molecule has 5 nitrogen and oxygen atoms in total. The highest BCUT2D eigenvalue weighted by atomic mass is 16.6. The first-order valence-electron chi connectivity index (χ1n) is 5.80. The molecule has 98 valence electrons. The molecule has 18 heavy (non-hydrogen) atoms. The molecule has 0 amide bonds. The Kier molecular flexibility index (Phi) is 4.42. The lowest BCUT2D eigenvalue weighted by atomic mass is 9.89. The Morgan fingerprint density at radius 2 is 2.06 bits per heavy atom. The minimum Gasteiger partial charge on any atom is -0.481 e. The molecule has 0 aliphatic heterocycles. The van der Waals surface area contributed by atoms with Crippen molar-refractivity contribution >= 4 is 11.7 Å². The molecule has 0 aliphatic rings. The van der Waals surface area contributed by atoms with Crippen molar-refractivity contribution in [2.45, 2.75) is 33.1 Å². The van der Waals surface area contributed by atoms with Crippen molar-refractivity contribution < 1.29 is 14.8 Å². The number of nitrogens with zero attached hydrogens (tertiary/aromatic N) is 1. The number of carboxylic acid groups (broad SMARTS) is 1. The highest BCUT2D eigenvalue weighted by molar-refractivity contribution is 5.76. The van der Waals surface area contributed by atoms with Crippen LogP contribution in [0, 0.1) is 23.0 Å². The van der Waals surface area contributed by atoms with Crippen molar-refractivity contribution in [3.05, 3.63) is 39.4 Å². The largest absolute Gasteiger partial charge is 0.481 e. The molecule has 1 rings (SSSR count). The molecule has 1 aromatic rings. The molecule has 1 atom stereocenters. The van der Waals surface area contributed by atoms with Crippen molar-refractivity contribution in [2.75, 3.05) is 0 Å². The number of benzene rings is 1. The van der Waals surface area contributed by atoms with E-state index < -0.39 is 16.8 Å². The summed E-state index contributed by atoms with van der Waals surface area (Å²) in [6.45, 7) is 5.53. The number of hydrogen-bond donors (Lipinski definition) is 1. The van der Waals surface area contributed by atoms with Crippen molar-refractivity contribution in [3.63, 3.8) is 0 Å². The van der Waals surface area contributed by atoms with Crippen LogP contribution in [0.25, 0.3) is 0 Å². The highest BCUT2D eigenvalue weighted by Crippen LogP contribution is 2.28. The lowest BCUT2D eigenvalue weighted by molar-refractivity contribution is -0.385. The van der Waals surface area contributed by atoms with Gasteiger partial charge in [0.15, 0.2) is 0 Å². The third-order valence-electron chi connectivity index (χ3n) is 2.83. The van der Waals surface area contributed by atoms with Gasteiger partial charge in [0, 0.05) is 11.6 Å². The second kappa shape index (κ2) is 5.62. The van der Waals surface area contributed by atoms with Gasteiger partial charge in [-0.15, -0.1) is 0 Å². The molecule has 0 bridgehead atoms. The number of aryl methyl sites for hydroxylation is 1. The molecule has 0 saturated carbocycles. The fraction of sp³-hybridized carbons (Fsp3) is 0.462. The van der Waals surface area contributed by atoms with Crippen molar-refractivity contribution in [2.24, 2.45) is 5.92 Å². The maximum atomic E-state index is 11.2. The Labute approximate surface area is 106 Å². The van der Waals surface area contributed by atoms with Crippen molar-refractivity contribution in [3.8, 4) is 0 Å². The van der Waals surface area contributed by atoms with Gasteiger partial charge in [-0.3, -0.25) is 14.9 Å². The van der Waals surface area contributed by atoms with Crippen LogP contribution in [0.4, 0.5) is 5.69 Å². The Hall–Kier alpha value is -1.91. The third kappa shape index (κ3) is 3.29. The number of hydrogen-bond acceptors (Lipinski definition) is 3. The molecule has 0 saturated heterocycles. The van der Waals surface area contributed by atoms with Gasteiger partial charge < -0.3 is 5.11 Å². The summed E-state index contributed by atoms with van der Waals surface area (Å²) in [5, 5.41) is 19.9. The normalized spacial score (nSPS) is 12.4. The second-order valence-corrected chi connectivity index (χ2v) is 4.82. The summed E-state index contributed by atoms with van der Waals surface area (Å²) >= 11 is 0. The van der Waals surface area contributed by atoms with Gasteiger partial charge in [-0.05, 0) is 30.9 Å². The fourth-order valence-corrected chi connectivity index (χ4v) is 1.95. The van der Waals surface area contributed by atoms with Gasteiger partial charge in [-0.25, -0.2) is 0 Å². The van der Waals surface area contributed by atoms with Crippen LogP contribution in [0.2, 0.25) is 0 Å². The van der Waals surface area contributed by atoms with Gasteiger partial charge in [0.2, 0.25) is 0 Å². The van der Waals surface area contributed by atoms with E-state index in [9.17, 15) is 20.0 Å². The number of nitro benzene ring substituents is 1. The third-order valence-corrected chi connectivity index (χ3v) is 2.83. The summed E-state index contributed by atoms with van der Waals surface area (Å²) in [5.74, 6) is -1.25. The monoisotopic (exact) mass is 251 g/mol. The van der Waals surface area contributed by atoms with Crippen LogP contribution in [0.15, 0.2) is 18.2 Å². The van der Waals surface area contributed by atoms with E-state index in [0.29, 0.717) is 17.5 Å². The average molecular weight is 251 g/mol. The fourth-order valence-electron chi connectivity index (χ4n) is 1.95. The average Bonchev–Trinajstić information content (AvgIpc) is 2.24. The zero-order valence-corrected chi connectivity index (χ0v) is 10.7. The van der Waals surface area contributed by atoms with Gasteiger partial charge >= 0.3 is 5.97 Å². The summed E-state index contributed by atoms with van der Waals surface area (Å²) in [6, 6.07) is 4.51. The molecule has 5 heteroatoms. The minimum absolute atomic E-state index is 0.0208. The Morgan fingerprint density at radius 3 is 2.44 bits per heavy atom.